The Morgan fingerprint density at radius 2 is 2.00 bits per heavy atom. The number of alkyl halides is 3. The van der Waals surface area contributed by atoms with Gasteiger partial charge in [0.25, 0.3) is 0 Å². The molecule has 0 aliphatic carbocycles. The van der Waals surface area contributed by atoms with E-state index in [1.54, 1.807) is 31.2 Å². The van der Waals surface area contributed by atoms with Crippen molar-refractivity contribution < 1.29 is 27.5 Å². The lowest BCUT2D eigenvalue weighted by Gasteiger charge is -2.25. The molecule has 2 aromatic rings. The third-order valence-corrected chi connectivity index (χ3v) is 6.03. The van der Waals surface area contributed by atoms with E-state index in [9.17, 15) is 27.5 Å². The fourth-order valence-electron chi connectivity index (χ4n) is 3.77. The first-order chi connectivity index (χ1) is 17.4. The van der Waals surface area contributed by atoms with E-state index in [-0.39, 0.29) is 12.5 Å². The van der Waals surface area contributed by atoms with Gasteiger partial charge in [0.2, 0.25) is 11.9 Å². The number of hydrogen-bond acceptors (Lipinski definition) is 7. The molecule has 1 saturated heterocycles. The normalized spacial score (nSPS) is 19.9. The third-order valence-electron chi connectivity index (χ3n) is 5.80. The molecule has 3 rings (SSSR count). The summed E-state index contributed by atoms with van der Waals surface area (Å²) in [6.45, 7) is 1.43. The van der Waals surface area contributed by atoms with Crippen LogP contribution in [0, 0.1) is 18.7 Å². The van der Waals surface area contributed by atoms with Gasteiger partial charge in [0.1, 0.15) is 12.2 Å². The predicted octanol–water partition coefficient (Wildman–Crippen LogP) is 2.67. The van der Waals surface area contributed by atoms with Gasteiger partial charge in [-0.1, -0.05) is 17.7 Å². The van der Waals surface area contributed by atoms with Crippen LogP contribution in [-0.2, 0) is 4.79 Å². The quantitative estimate of drug-likeness (QED) is 0.161. The van der Waals surface area contributed by atoms with Gasteiger partial charge in [-0.25, -0.2) is 20.2 Å². The molecule has 0 spiro atoms. The maximum absolute atomic E-state index is 13.8. The number of hydrogen-bond donors (Lipinski definition) is 7. The topological polar surface area (TPSA) is 136 Å². The molecular formula is C23H28ClF4N7O2. The van der Waals surface area contributed by atoms with Crippen LogP contribution in [0.15, 0.2) is 41.4 Å². The lowest BCUT2D eigenvalue weighted by Crippen LogP contribution is -2.54. The molecule has 0 aromatic heterocycles. The van der Waals surface area contributed by atoms with Gasteiger partial charge in [-0.3, -0.25) is 10.1 Å². The maximum Gasteiger partial charge on any atom is 0.404 e. The second-order valence-corrected chi connectivity index (χ2v) is 9.02. The van der Waals surface area contributed by atoms with Crippen LogP contribution in [0.3, 0.4) is 0 Å². The SMILES string of the molecule is CNCC(C(=O)NC(=NC1CC(c2ccc(O)c(F)c2)NN1)Nc1ccc(Cl)cc1C)C(N)C(F)(F)F. The number of benzene rings is 2. The molecular weight excluding hydrogens is 518 g/mol. The van der Waals surface area contributed by atoms with Crippen molar-refractivity contribution in [2.24, 2.45) is 16.6 Å². The fraction of sp³-hybridized carbons (Fsp3) is 0.391. The summed E-state index contributed by atoms with van der Waals surface area (Å²) in [5.74, 6) is -4.01. The Hall–Kier alpha value is -2.97. The molecule has 1 aliphatic heterocycles. The molecule has 1 amide bonds. The number of nitrogens with one attached hydrogen (secondary N) is 5. The third kappa shape index (κ3) is 7.52. The number of amides is 1. The Morgan fingerprint density at radius 3 is 2.62 bits per heavy atom. The summed E-state index contributed by atoms with van der Waals surface area (Å²) >= 11 is 6.01. The van der Waals surface area contributed by atoms with E-state index in [0.29, 0.717) is 28.3 Å². The van der Waals surface area contributed by atoms with Crippen molar-refractivity contribution in [3.05, 3.63) is 58.4 Å². The molecule has 0 bridgehead atoms. The van der Waals surface area contributed by atoms with E-state index in [1.807, 2.05) is 0 Å². The van der Waals surface area contributed by atoms with Gasteiger partial charge >= 0.3 is 6.18 Å². The number of anilines is 1. The molecule has 14 heteroatoms. The van der Waals surface area contributed by atoms with E-state index in [1.165, 1.54) is 19.2 Å². The fourth-order valence-corrected chi connectivity index (χ4v) is 4.00. The Balaban J connectivity index is 1.85. The van der Waals surface area contributed by atoms with Crippen molar-refractivity contribution in [2.45, 2.75) is 37.8 Å². The van der Waals surface area contributed by atoms with E-state index in [2.05, 4.69) is 31.8 Å². The molecule has 0 radical (unpaired) electrons. The van der Waals surface area contributed by atoms with Crippen molar-refractivity contribution in [3.63, 3.8) is 0 Å². The number of nitrogens with zero attached hydrogens (tertiary/aromatic N) is 1. The van der Waals surface area contributed by atoms with Gasteiger partial charge in [-0.05, 0) is 55.4 Å². The lowest BCUT2D eigenvalue weighted by atomic mass is 9.99. The minimum Gasteiger partial charge on any atom is -0.505 e. The van der Waals surface area contributed by atoms with E-state index in [0.717, 1.165) is 0 Å². The summed E-state index contributed by atoms with van der Waals surface area (Å²) in [5.41, 5.74) is 12.9. The molecule has 37 heavy (non-hydrogen) atoms. The summed E-state index contributed by atoms with van der Waals surface area (Å²) in [7, 11) is 1.41. The highest BCUT2D eigenvalue weighted by atomic mass is 35.5. The summed E-state index contributed by atoms with van der Waals surface area (Å²) in [6, 6.07) is 6.05. The van der Waals surface area contributed by atoms with Gasteiger partial charge in [-0.2, -0.15) is 13.2 Å². The van der Waals surface area contributed by atoms with Gasteiger partial charge < -0.3 is 21.5 Å². The minimum atomic E-state index is -4.79. The van der Waals surface area contributed by atoms with Crippen molar-refractivity contribution in [1.29, 1.82) is 0 Å². The van der Waals surface area contributed by atoms with Crippen LogP contribution in [0.5, 0.6) is 5.75 Å². The number of aliphatic imine (C=N–C) groups is 1. The highest BCUT2D eigenvalue weighted by Gasteiger charge is 2.45. The monoisotopic (exact) mass is 545 g/mol. The number of phenols is 1. The number of carbonyl (C=O) groups excluding carboxylic acids is 1. The lowest BCUT2D eigenvalue weighted by molar-refractivity contribution is -0.164. The Morgan fingerprint density at radius 1 is 1.27 bits per heavy atom. The Bertz CT molecular complexity index is 1150. The first kappa shape index (κ1) is 28.6. The molecule has 4 atom stereocenters. The number of rotatable bonds is 7. The smallest absolute Gasteiger partial charge is 0.404 e. The van der Waals surface area contributed by atoms with Crippen LogP contribution >= 0.6 is 11.6 Å². The van der Waals surface area contributed by atoms with Gasteiger partial charge in [0.05, 0.1) is 5.92 Å². The number of nitrogens with two attached hydrogens (primary N) is 1. The summed E-state index contributed by atoms with van der Waals surface area (Å²) in [5, 5.41) is 17.8. The average molecular weight is 546 g/mol. The van der Waals surface area contributed by atoms with E-state index >= 15 is 0 Å². The number of carbonyl (C=O) groups is 1. The van der Waals surface area contributed by atoms with Crippen molar-refractivity contribution in [2.75, 3.05) is 18.9 Å². The number of aromatic hydroxyl groups is 1. The molecule has 2 aromatic carbocycles. The highest BCUT2D eigenvalue weighted by molar-refractivity contribution is 6.30. The van der Waals surface area contributed by atoms with Crippen LogP contribution in [0.1, 0.15) is 23.6 Å². The summed E-state index contributed by atoms with van der Waals surface area (Å²) < 4.78 is 53.7. The second kappa shape index (κ2) is 12.0. The zero-order valence-electron chi connectivity index (χ0n) is 20.0. The standard InChI is InChI=1S/C23H28ClF4N7O2/c1-11-7-13(24)4-5-16(11)31-22(33-21(37)14(10-30-2)20(29)23(26,27)28)32-19-9-17(34-35-19)12-3-6-18(36)15(25)8-12/h3-8,14,17,19-20,30,34-36H,9-10,29H2,1-2H3,(H2,31,32,33,37). The van der Waals surface area contributed by atoms with Crippen LogP contribution in [-0.4, -0.2) is 48.9 Å². The Kier molecular flexibility index (Phi) is 9.31. The van der Waals surface area contributed by atoms with Crippen LogP contribution in [0.25, 0.3) is 0 Å². The second-order valence-electron chi connectivity index (χ2n) is 8.59. The summed E-state index contributed by atoms with van der Waals surface area (Å²) in [6.07, 6.45) is -5.15. The average Bonchev–Trinajstić information content (AvgIpc) is 3.28. The van der Waals surface area contributed by atoms with Gasteiger partial charge in [0.15, 0.2) is 11.6 Å². The van der Waals surface area contributed by atoms with Crippen LogP contribution in [0.4, 0.5) is 23.2 Å². The van der Waals surface area contributed by atoms with Gasteiger partial charge in [-0.15, -0.1) is 0 Å². The zero-order chi connectivity index (χ0) is 27.3. The zero-order valence-corrected chi connectivity index (χ0v) is 20.7. The van der Waals surface area contributed by atoms with Crippen LogP contribution in [0.2, 0.25) is 5.02 Å². The van der Waals surface area contributed by atoms with Crippen molar-refractivity contribution >= 4 is 29.2 Å². The number of guanidine groups is 1. The first-order valence-corrected chi connectivity index (χ1v) is 11.6. The predicted molar refractivity (Wildman–Crippen MR) is 132 cm³/mol. The molecule has 1 aliphatic rings. The number of aryl methyl sites for hydroxylation is 1. The van der Waals surface area contributed by atoms with Crippen molar-refractivity contribution in [3.8, 4) is 5.75 Å². The molecule has 4 unspecified atom stereocenters. The van der Waals surface area contributed by atoms with E-state index in [4.69, 9.17) is 17.3 Å². The number of phenolic OH excluding ortho intramolecular Hbond substituents is 1. The largest absolute Gasteiger partial charge is 0.505 e. The molecule has 1 fully saturated rings. The highest BCUT2D eigenvalue weighted by Crippen LogP contribution is 2.27. The maximum atomic E-state index is 13.8. The van der Waals surface area contributed by atoms with Crippen molar-refractivity contribution in [1.82, 2.24) is 21.5 Å². The van der Waals surface area contributed by atoms with Crippen LogP contribution < -0.4 is 32.5 Å². The molecule has 8 N–H and O–H groups in total. The molecule has 0 saturated carbocycles. The summed E-state index contributed by atoms with van der Waals surface area (Å²) in [4.78, 5) is 17.4. The van der Waals surface area contributed by atoms with E-state index < -0.39 is 47.8 Å². The number of halogens is 5. The molecule has 202 valence electrons. The van der Waals surface area contributed by atoms with Gasteiger partial charge in [0, 0.05) is 29.7 Å². The molecule has 9 nitrogen and oxygen atoms in total. The number of hydrazine groups is 1. The first-order valence-electron chi connectivity index (χ1n) is 11.3. The molecule has 1 heterocycles. The minimum absolute atomic E-state index is 0.122. The Labute approximate surface area is 215 Å².